The predicted octanol–water partition coefficient (Wildman–Crippen LogP) is 6.17. The van der Waals surface area contributed by atoms with Crippen molar-refractivity contribution in [1.82, 2.24) is 20.2 Å². The number of halogens is 7. The maximum Gasteiger partial charge on any atom is 0.433 e. The second-order valence-corrected chi connectivity index (χ2v) is 12.4. The van der Waals surface area contributed by atoms with E-state index in [-0.39, 0.29) is 34.7 Å². The summed E-state index contributed by atoms with van der Waals surface area (Å²) in [4.78, 5) is 21.3. The Hall–Kier alpha value is -4.37. The van der Waals surface area contributed by atoms with Crippen molar-refractivity contribution in [2.45, 2.75) is 43.4 Å². The number of pyridine rings is 2. The molecular formula is C30H23F7N4O3S. The number of aromatic nitrogens is 2. The molecular weight excluding hydrogens is 629 g/mol. The van der Waals surface area contributed by atoms with Gasteiger partial charge in [-0.3, -0.25) is 14.8 Å². The van der Waals surface area contributed by atoms with Crippen molar-refractivity contribution in [2.75, 3.05) is 6.26 Å². The van der Waals surface area contributed by atoms with E-state index in [1.54, 1.807) is 6.07 Å². The summed E-state index contributed by atoms with van der Waals surface area (Å²) in [6.07, 6.45) is -5.60. The number of sulfone groups is 1. The first-order valence-corrected chi connectivity index (χ1v) is 15.1. The lowest BCUT2D eigenvalue weighted by molar-refractivity contribution is -0.142. The van der Waals surface area contributed by atoms with E-state index in [0.29, 0.717) is 29.8 Å². The third kappa shape index (κ3) is 6.99. The lowest BCUT2D eigenvalue weighted by Gasteiger charge is -2.19. The molecule has 1 N–H and O–H groups in total. The van der Waals surface area contributed by atoms with Gasteiger partial charge in [-0.25, -0.2) is 12.8 Å². The standard InChI is InChI=1S/C22H16F4N2O3S.C8H7F3N2/c1-32(30,31)15-6-7-16(17-4-2-3-5-19(17)23)18(9-15)21(29)28-11-13-8-20(22(24,25)26)27-10-14(13)12-28;9-8(10,11)7-1-5-2-12-3-6(5)4-13-7/h2-10H,11-12H2,1H3;1,4,12H,2-3H2. The quantitative estimate of drug-likeness (QED) is 0.266. The topological polar surface area (TPSA) is 92.3 Å². The number of carbonyl (C=O) groups is 1. The van der Waals surface area contributed by atoms with Crippen LogP contribution in [0.4, 0.5) is 30.7 Å². The van der Waals surface area contributed by atoms with Crippen molar-refractivity contribution in [3.05, 3.63) is 112 Å². The Labute approximate surface area is 252 Å². The maximum atomic E-state index is 14.4. The molecule has 7 nitrogen and oxygen atoms in total. The van der Waals surface area contributed by atoms with Gasteiger partial charge in [0.2, 0.25) is 0 Å². The molecule has 0 atom stereocenters. The van der Waals surface area contributed by atoms with Crippen LogP contribution in [0.5, 0.6) is 0 Å². The lowest BCUT2D eigenvalue weighted by atomic mass is 9.98. The van der Waals surface area contributed by atoms with E-state index >= 15 is 0 Å². The summed E-state index contributed by atoms with van der Waals surface area (Å²) in [5, 5.41) is 2.96. The van der Waals surface area contributed by atoms with Crippen LogP contribution in [0.1, 0.15) is 44.0 Å². The SMILES string of the molecule is CS(=O)(=O)c1ccc(-c2ccccc2F)c(C(=O)N2Cc3cnc(C(F)(F)F)cc3C2)c1.FC(F)(F)c1cc2c(cn1)CNC2. The van der Waals surface area contributed by atoms with Gasteiger partial charge in [0.05, 0.1) is 4.90 Å². The number of carbonyl (C=O) groups excluding carboxylic acids is 1. The molecule has 0 unspecified atom stereocenters. The van der Waals surface area contributed by atoms with Crippen molar-refractivity contribution in [1.29, 1.82) is 0 Å². The second-order valence-electron chi connectivity index (χ2n) is 10.4. The number of nitrogens with one attached hydrogen (secondary N) is 1. The number of benzene rings is 2. The van der Waals surface area contributed by atoms with Gasteiger partial charge in [-0.2, -0.15) is 26.3 Å². The molecule has 0 bridgehead atoms. The fraction of sp³-hybridized carbons (Fsp3) is 0.233. The molecule has 236 valence electrons. The van der Waals surface area contributed by atoms with Crippen molar-refractivity contribution in [2.24, 2.45) is 0 Å². The molecule has 1 amide bonds. The minimum absolute atomic E-state index is 0.000875. The van der Waals surface area contributed by atoms with E-state index in [9.17, 15) is 43.9 Å². The van der Waals surface area contributed by atoms with Gasteiger partial charge in [0.15, 0.2) is 9.84 Å². The molecule has 0 radical (unpaired) electrons. The minimum Gasteiger partial charge on any atom is -0.330 e. The summed E-state index contributed by atoms with van der Waals surface area (Å²) in [5.41, 5.74) is 0.668. The summed E-state index contributed by atoms with van der Waals surface area (Å²) in [5.74, 6) is -1.23. The molecule has 45 heavy (non-hydrogen) atoms. The van der Waals surface area contributed by atoms with Crippen LogP contribution in [0.3, 0.4) is 0 Å². The van der Waals surface area contributed by atoms with Crippen molar-refractivity contribution < 1.29 is 43.9 Å². The van der Waals surface area contributed by atoms with Crippen LogP contribution >= 0.6 is 0 Å². The number of rotatable bonds is 3. The van der Waals surface area contributed by atoms with E-state index in [1.165, 1.54) is 47.5 Å². The third-order valence-electron chi connectivity index (χ3n) is 7.20. The van der Waals surface area contributed by atoms with Crippen molar-refractivity contribution in [3.8, 4) is 11.1 Å². The van der Waals surface area contributed by atoms with Crippen LogP contribution in [-0.4, -0.2) is 35.4 Å². The fourth-order valence-electron chi connectivity index (χ4n) is 4.93. The first-order chi connectivity index (χ1) is 21.0. The molecule has 0 saturated heterocycles. The minimum atomic E-state index is -4.62. The van der Waals surface area contributed by atoms with E-state index in [4.69, 9.17) is 0 Å². The average molecular weight is 653 g/mol. The molecule has 4 heterocycles. The molecule has 2 aliphatic rings. The zero-order valence-electron chi connectivity index (χ0n) is 23.3. The zero-order chi connectivity index (χ0) is 32.7. The Kier molecular flexibility index (Phi) is 8.44. The Bertz CT molecular complexity index is 1890. The smallest absolute Gasteiger partial charge is 0.330 e. The van der Waals surface area contributed by atoms with Gasteiger partial charge in [0.25, 0.3) is 5.91 Å². The van der Waals surface area contributed by atoms with E-state index in [2.05, 4.69) is 15.3 Å². The number of nitrogens with zero attached hydrogens (tertiary/aromatic N) is 3. The van der Waals surface area contributed by atoms with Crippen LogP contribution in [-0.2, 0) is 48.4 Å². The van der Waals surface area contributed by atoms with Gasteiger partial charge in [0, 0.05) is 56.0 Å². The summed E-state index contributed by atoms with van der Waals surface area (Å²) in [7, 11) is -3.67. The summed E-state index contributed by atoms with van der Waals surface area (Å²) >= 11 is 0. The molecule has 6 rings (SSSR count). The van der Waals surface area contributed by atoms with Crippen LogP contribution in [0.25, 0.3) is 11.1 Å². The highest BCUT2D eigenvalue weighted by Crippen LogP contribution is 2.34. The van der Waals surface area contributed by atoms with Gasteiger partial charge < -0.3 is 10.2 Å². The number of amides is 1. The molecule has 2 aromatic heterocycles. The largest absolute Gasteiger partial charge is 0.433 e. The van der Waals surface area contributed by atoms with Gasteiger partial charge in [-0.15, -0.1) is 0 Å². The highest BCUT2D eigenvalue weighted by Gasteiger charge is 2.36. The molecule has 2 aliphatic heterocycles. The summed E-state index contributed by atoms with van der Waals surface area (Å²) in [6, 6.07) is 11.5. The van der Waals surface area contributed by atoms with E-state index < -0.39 is 45.3 Å². The molecule has 15 heteroatoms. The molecule has 0 saturated carbocycles. The Morgan fingerprint density at radius 1 is 0.778 bits per heavy atom. The second kappa shape index (κ2) is 11.9. The van der Waals surface area contributed by atoms with Gasteiger partial charge >= 0.3 is 12.4 Å². The van der Waals surface area contributed by atoms with Crippen molar-refractivity contribution in [3.63, 3.8) is 0 Å². The predicted molar refractivity (Wildman–Crippen MR) is 148 cm³/mol. The molecule has 0 fully saturated rings. The highest BCUT2D eigenvalue weighted by molar-refractivity contribution is 7.90. The highest BCUT2D eigenvalue weighted by atomic mass is 32.2. The number of hydrogen-bond donors (Lipinski definition) is 1. The van der Waals surface area contributed by atoms with Crippen LogP contribution in [0, 0.1) is 5.82 Å². The third-order valence-corrected chi connectivity index (χ3v) is 8.31. The van der Waals surface area contributed by atoms with Crippen LogP contribution in [0.15, 0.2) is 71.9 Å². The zero-order valence-corrected chi connectivity index (χ0v) is 24.1. The monoisotopic (exact) mass is 652 g/mol. The fourth-order valence-corrected chi connectivity index (χ4v) is 5.58. The van der Waals surface area contributed by atoms with E-state index in [1.807, 2.05) is 0 Å². The Morgan fingerprint density at radius 3 is 1.98 bits per heavy atom. The summed E-state index contributed by atoms with van der Waals surface area (Å²) < 4.78 is 114. The Morgan fingerprint density at radius 2 is 1.36 bits per heavy atom. The maximum absolute atomic E-state index is 14.4. The van der Waals surface area contributed by atoms with Crippen LogP contribution in [0.2, 0.25) is 0 Å². The van der Waals surface area contributed by atoms with Gasteiger partial charge in [0.1, 0.15) is 17.2 Å². The summed E-state index contributed by atoms with van der Waals surface area (Å²) in [6.45, 7) is 1.00. The number of fused-ring (bicyclic) bond motifs is 2. The van der Waals surface area contributed by atoms with Gasteiger partial charge in [-0.1, -0.05) is 24.3 Å². The first kappa shape index (κ1) is 32.0. The Balaban J connectivity index is 0.000000256. The van der Waals surface area contributed by atoms with Gasteiger partial charge in [-0.05, 0) is 58.1 Å². The molecule has 4 aromatic rings. The molecule has 0 spiro atoms. The molecule has 0 aliphatic carbocycles. The number of hydrogen-bond acceptors (Lipinski definition) is 6. The first-order valence-electron chi connectivity index (χ1n) is 13.2. The lowest BCUT2D eigenvalue weighted by Crippen LogP contribution is -2.26. The normalized spacial score (nSPS) is 14.4. The van der Waals surface area contributed by atoms with Crippen molar-refractivity contribution >= 4 is 15.7 Å². The molecule has 2 aromatic carbocycles. The number of alkyl halides is 6. The average Bonchev–Trinajstić information content (AvgIpc) is 3.62. The van der Waals surface area contributed by atoms with Crippen LogP contribution < -0.4 is 5.32 Å². The van der Waals surface area contributed by atoms with E-state index in [0.717, 1.165) is 30.1 Å².